The second kappa shape index (κ2) is 12.2. The van der Waals surface area contributed by atoms with Crippen molar-refractivity contribution in [2.45, 2.75) is 44.9 Å². The van der Waals surface area contributed by atoms with Gasteiger partial charge in [-0.3, -0.25) is 10.3 Å². The molecular weight excluding hydrogens is 485 g/mol. The maximum atomic E-state index is 15.0. The molecule has 0 aliphatic rings. The maximum Gasteiger partial charge on any atom is 0.412 e. The van der Waals surface area contributed by atoms with E-state index in [9.17, 15) is 13.2 Å². The summed E-state index contributed by atoms with van der Waals surface area (Å²) in [5.41, 5.74) is 3.24. The lowest BCUT2D eigenvalue weighted by Gasteiger charge is -2.11. The minimum Gasteiger partial charge on any atom is -0.449 e. The lowest BCUT2D eigenvalue weighted by atomic mass is 10.00. The van der Waals surface area contributed by atoms with Crippen LogP contribution in [-0.4, -0.2) is 37.3 Å². The molecular formula is C25H28FN5O4S. The highest BCUT2D eigenvalue weighted by Gasteiger charge is 2.15. The zero-order chi connectivity index (χ0) is 26.1. The lowest BCUT2D eigenvalue weighted by molar-refractivity contribution is 0.159. The summed E-state index contributed by atoms with van der Waals surface area (Å²) in [6.45, 7) is 5.87. The van der Waals surface area contributed by atoms with Crippen molar-refractivity contribution < 1.29 is 22.3 Å². The Morgan fingerprint density at radius 2 is 1.89 bits per heavy atom. The summed E-state index contributed by atoms with van der Waals surface area (Å²) < 4.78 is 44.8. The number of amides is 1. The third kappa shape index (κ3) is 7.08. The Labute approximate surface area is 209 Å². The van der Waals surface area contributed by atoms with Crippen LogP contribution >= 0.6 is 0 Å². The molecule has 1 aromatic carbocycles. The van der Waals surface area contributed by atoms with E-state index in [1.807, 2.05) is 13.8 Å². The quantitative estimate of drug-likeness (QED) is 0.234. The van der Waals surface area contributed by atoms with Gasteiger partial charge in [-0.25, -0.2) is 19.0 Å². The molecule has 0 bridgehead atoms. The summed E-state index contributed by atoms with van der Waals surface area (Å²) in [5.74, 6) is -0.892. The molecule has 0 aliphatic heterocycles. The number of hydrogen-bond acceptors (Lipinski definition) is 7. The number of sulfonamides is 1. The van der Waals surface area contributed by atoms with Crippen LogP contribution in [0.1, 0.15) is 47.6 Å². The third-order valence-corrected chi connectivity index (χ3v) is 6.61. The lowest BCUT2D eigenvalue weighted by Crippen LogP contribution is -2.18. The molecule has 0 fully saturated rings. The van der Waals surface area contributed by atoms with Gasteiger partial charge in [-0.1, -0.05) is 31.0 Å². The van der Waals surface area contributed by atoms with Gasteiger partial charge in [0.05, 0.1) is 17.7 Å². The molecule has 2 N–H and O–H groups in total. The summed E-state index contributed by atoms with van der Waals surface area (Å²) in [7, 11) is -3.82. The first kappa shape index (κ1) is 26.7. The number of hydrogen-bond donors (Lipinski definition) is 2. The molecule has 0 atom stereocenters. The van der Waals surface area contributed by atoms with Crippen molar-refractivity contribution in [3.63, 3.8) is 0 Å². The predicted octanol–water partition coefficient (Wildman–Crippen LogP) is 4.48. The van der Waals surface area contributed by atoms with Gasteiger partial charge < -0.3 is 4.74 Å². The number of aromatic nitrogens is 2. The van der Waals surface area contributed by atoms with Gasteiger partial charge in [-0.05, 0) is 55.2 Å². The number of benzene rings is 1. The molecule has 0 saturated carbocycles. The van der Waals surface area contributed by atoms with Crippen LogP contribution in [0, 0.1) is 19.7 Å². The second-order valence-corrected chi connectivity index (χ2v) is 9.76. The average Bonchev–Trinajstić information content (AvgIpc) is 2.84. The number of unbranched alkanes of at least 4 members (excludes halogenated alkanes) is 1. The Bertz CT molecular complexity index is 1350. The molecule has 2 heterocycles. The Hall–Kier alpha value is -3.86. The van der Waals surface area contributed by atoms with Crippen LogP contribution in [0.15, 0.2) is 58.9 Å². The van der Waals surface area contributed by atoms with Crippen LogP contribution < -0.4 is 10.1 Å². The van der Waals surface area contributed by atoms with Crippen LogP contribution in [0.4, 0.5) is 15.0 Å². The monoisotopic (exact) mass is 513 g/mol. The fourth-order valence-corrected chi connectivity index (χ4v) is 3.98. The predicted molar refractivity (Wildman–Crippen MR) is 135 cm³/mol. The fraction of sp³-hybridized carbons (Fsp3) is 0.280. The number of rotatable bonds is 10. The number of nitrogens with zero attached hydrogens (tertiary/aromatic N) is 3. The van der Waals surface area contributed by atoms with Gasteiger partial charge in [-0.15, -0.1) is 0 Å². The smallest absolute Gasteiger partial charge is 0.412 e. The minimum atomic E-state index is -3.82. The van der Waals surface area contributed by atoms with Crippen LogP contribution in [0.5, 0.6) is 0 Å². The number of ether oxygens (including phenoxy) is 1. The Morgan fingerprint density at radius 1 is 1.14 bits per heavy atom. The molecule has 1 amide bonds. The van der Waals surface area contributed by atoms with Crippen LogP contribution in [-0.2, 0) is 21.2 Å². The number of carbonyl (C=O) groups is 1. The summed E-state index contributed by atoms with van der Waals surface area (Å²) in [6.07, 6.45) is 6.85. The molecule has 0 aliphatic carbocycles. The van der Waals surface area contributed by atoms with E-state index in [-0.39, 0.29) is 23.7 Å². The molecule has 36 heavy (non-hydrogen) atoms. The van der Waals surface area contributed by atoms with Gasteiger partial charge in [0.25, 0.3) is 10.0 Å². The highest BCUT2D eigenvalue weighted by Crippen LogP contribution is 2.21. The minimum absolute atomic E-state index is 0.0978. The summed E-state index contributed by atoms with van der Waals surface area (Å²) in [6, 6.07) is 7.91. The van der Waals surface area contributed by atoms with E-state index in [1.54, 1.807) is 25.3 Å². The number of nitrogens with one attached hydrogen (secondary N) is 2. The van der Waals surface area contributed by atoms with Gasteiger partial charge in [0, 0.05) is 30.6 Å². The largest absolute Gasteiger partial charge is 0.449 e. The molecule has 3 rings (SSSR count). The zero-order valence-electron chi connectivity index (χ0n) is 20.3. The summed E-state index contributed by atoms with van der Waals surface area (Å²) in [5, 5.41) is 6.20. The van der Waals surface area contributed by atoms with Crippen molar-refractivity contribution in [1.82, 2.24) is 14.8 Å². The van der Waals surface area contributed by atoms with E-state index in [4.69, 9.17) is 4.74 Å². The average molecular weight is 514 g/mol. The van der Waals surface area contributed by atoms with E-state index in [1.165, 1.54) is 36.8 Å². The zero-order valence-corrected chi connectivity index (χ0v) is 21.1. The van der Waals surface area contributed by atoms with Gasteiger partial charge in [0.2, 0.25) is 0 Å². The number of carbonyl (C=O) groups excluding carboxylic acids is 1. The van der Waals surface area contributed by atoms with E-state index < -0.39 is 21.9 Å². The second-order valence-electron chi connectivity index (χ2n) is 8.10. The van der Waals surface area contributed by atoms with Crippen molar-refractivity contribution in [2.24, 2.45) is 5.10 Å². The summed E-state index contributed by atoms with van der Waals surface area (Å²) in [4.78, 5) is 22.2. The number of aryl methyl sites for hydroxylation is 1. The molecule has 3 aromatic rings. The Kier molecular flexibility index (Phi) is 9.07. The van der Waals surface area contributed by atoms with Crippen molar-refractivity contribution in [2.75, 3.05) is 11.9 Å². The highest BCUT2D eigenvalue weighted by molar-refractivity contribution is 7.89. The fourth-order valence-electron chi connectivity index (χ4n) is 3.18. The molecule has 190 valence electrons. The Balaban J connectivity index is 1.72. The number of hydrazone groups is 1. The van der Waals surface area contributed by atoms with Crippen molar-refractivity contribution in [3.05, 3.63) is 82.6 Å². The first-order valence-electron chi connectivity index (χ1n) is 11.3. The summed E-state index contributed by atoms with van der Waals surface area (Å²) >= 11 is 0. The Morgan fingerprint density at radius 3 is 2.61 bits per heavy atom. The molecule has 0 radical (unpaired) electrons. The number of anilines is 1. The molecule has 9 nitrogen and oxygen atoms in total. The number of halogens is 1. The highest BCUT2D eigenvalue weighted by atomic mass is 32.2. The van der Waals surface area contributed by atoms with E-state index in [2.05, 4.69) is 25.2 Å². The first-order chi connectivity index (χ1) is 17.2. The van der Waals surface area contributed by atoms with E-state index in [0.29, 0.717) is 23.1 Å². The molecule has 0 unspecified atom stereocenters. The molecule has 2 aromatic heterocycles. The van der Waals surface area contributed by atoms with E-state index in [0.717, 1.165) is 17.5 Å². The first-order valence-corrected chi connectivity index (χ1v) is 12.8. The van der Waals surface area contributed by atoms with Crippen LogP contribution in [0.2, 0.25) is 0 Å². The van der Waals surface area contributed by atoms with Gasteiger partial charge in [-0.2, -0.15) is 13.5 Å². The topological polar surface area (TPSA) is 123 Å². The standard InChI is InChI=1S/C25H28FN5O4S/c1-4-5-12-35-25(32)30-24-23(26)19(10-11-28-24)13-20-14-27-15-21(18(20)3)16-29-31-36(33,34)22-8-6-17(2)7-9-22/h6-11,14-16,31H,4-5,12-13H2,1-3H3,(H,28,30,32)/b29-16-. The van der Waals surface area contributed by atoms with Crippen LogP contribution in [0.3, 0.4) is 0 Å². The SMILES string of the molecule is CCCCOC(=O)Nc1nccc(Cc2cncc(/C=N\NS(=O)(=O)c3ccc(C)cc3)c2C)c1F. The molecule has 0 saturated heterocycles. The van der Waals surface area contributed by atoms with Gasteiger partial charge in [0.15, 0.2) is 11.6 Å². The van der Waals surface area contributed by atoms with Gasteiger partial charge in [0.1, 0.15) is 0 Å². The third-order valence-electron chi connectivity index (χ3n) is 5.37. The van der Waals surface area contributed by atoms with Gasteiger partial charge >= 0.3 is 6.09 Å². The van der Waals surface area contributed by atoms with Crippen molar-refractivity contribution in [3.8, 4) is 0 Å². The number of pyridine rings is 2. The van der Waals surface area contributed by atoms with Crippen molar-refractivity contribution in [1.29, 1.82) is 0 Å². The maximum absolute atomic E-state index is 15.0. The normalized spacial score (nSPS) is 11.4. The van der Waals surface area contributed by atoms with Crippen LogP contribution in [0.25, 0.3) is 0 Å². The molecule has 0 spiro atoms. The van der Waals surface area contributed by atoms with Crippen molar-refractivity contribution >= 4 is 28.1 Å². The molecule has 11 heteroatoms. The van der Waals surface area contributed by atoms with E-state index >= 15 is 4.39 Å².